The van der Waals surface area contributed by atoms with Gasteiger partial charge in [0, 0.05) is 29.4 Å². The highest BCUT2D eigenvalue weighted by Crippen LogP contribution is 2.28. The number of rotatable bonds is 3. The van der Waals surface area contributed by atoms with Crippen LogP contribution < -0.4 is 10.2 Å². The highest BCUT2D eigenvalue weighted by atomic mass is 35.5. The minimum atomic E-state index is -0.644. The number of carbonyl (C=O) groups is 2. The van der Waals surface area contributed by atoms with Crippen LogP contribution in [0.1, 0.15) is 30.1 Å². The maximum Gasteiger partial charge on any atom is 0.255 e. The average molecular weight is 347 g/mol. The maximum absolute atomic E-state index is 13.5. The Morgan fingerprint density at radius 2 is 2.08 bits per heavy atom. The molecule has 0 aliphatic carbocycles. The first-order valence-corrected chi connectivity index (χ1v) is 8.02. The van der Waals surface area contributed by atoms with E-state index in [1.807, 2.05) is 13.0 Å². The Balaban J connectivity index is 1.80. The molecule has 124 valence electrons. The summed E-state index contributed by atoms with van der Waals surface area (Å²) in [5.74, 6) is -1.01. The lowest BCUT2D eigenvalue weighted by atomic mass is 10.2. The Kier molecular flexibility index (Phi) is 4.53. The molecule has 1 atom stereocenters. The fourth-order valence-electron chi connectivity index (χ4n) is 2.80. The van der Waals surface area contributed by atoms with Crippen LogP contribution in [0, 0.1) is 5.82 Å². The molecule has 0 radical (unpaired) electrons. The minimum absolute atomic E-state index is 0.0323. The van der Waals surface area contributed by atoms with Crippen LogP contribution in [0.3, 0.4) is 0 Å². The predicted molar refractivity (Wildman–Crippen MR) is 92.0 cm³/mol. The topological polar surface area (TPSA) is 49.4 Å². The molecule has 2 amide bonds. The summed E-state index contributed by atoms with van der Waals surface area (Å²) >= 11 is 5.62. The van der Waals surface area contributed by atoms with Gasteiger partial charge in [0.05, 0.1) is 5.02 Å². The van der Waals surface area contributed by atoms with Crippen LogP contribution in [-0.2, 0) is 4.79 Å². The molecule has 3 rings (SSSR count). The van der Waals surface area contributed by atoms with Crippen molar-refractivity contribution in [2.24, 2.45) is 0 Å². The summed E-state index contributed by atoms with van der Waals surface area (Å²) in [5.41, 5.74) is 1.46. The molecule has 1 unspecified atom stereocenters. The van der Waals surface area contributed by atoms with Gasteiger partial charge >= 0.3 is 0 Å². The molecule has 6 heteroatoms. The lowest BCUT2D eigenvalue weighted by Gasteiger charge is -2.22. The molecule has 4 nitrogen and oxygen atoms in total. The van der Waals surface area contributed by atoms with Gasteiger partial charge in [0.25, 0.3) is 5.91 Å². The molecular formula is C18H16ClFN2O2. The largest absolute Gasteiger partial charge is 0.322 e. The third kappa shape index (κ3) is 3.26. The van der Waals surface area contributed by atoms with Gasteiger partial charge in [-0.05, 0) is 49.7 Å². The number of amides is 2. The van der Waals surface area contributed by atoms with E-state index in [1.54, 1.807) is 23.1 Å². The molecular weight excluding hydrogens is 331 g/mol. The second kappa shape index (κ2) is 6.61. The number of nitrogens with zero attached hydrogens (tertiary/aromatic N) is 1. The summed E-state index contributed by atoms with van der Waals surface area (Å²) < 4.78 is 13.5. The number of nitrogens with one attached hydrogen (secondary N) is 1. The highest BCUT2D eigenvalue weighted by molar-refractivity contribution is 6.30. The molecule has 2 aromatic carbocycles. The van der Waals surface area contributed by atoms with Crippen molar-refractivity contribution < 1.29 is 14.0 Å². The zero-order valence-corrected chi connectivity index (χ0v) is 13.8. The third-order valence-corrected chi connectivity index (χ3v) is 4.36. The number of hydrogen-bond acceptors (Lipinski definition) is 2. The Bertz CT molecular complexity index is 809. The smallest absolute Gasteiger partial charge is 0.255 e. The number of halogens is 2. The van der Waals surface area contributed by atoms with Crippen LogP contribution in [0.4, 0.5) is 15.8 Å². The molecule has 2 aromatic rings. The molecule has 1 heterocycles. The first-order chi connectivity index (χ1) is 11.5. The molecule has 1 saturated heterocycles. The Morgan fingerprint density at radius 3 is 2.75 bits per heavy atom. The van der Waals surface area contributed by atoms with Crippen LogP contribution in [0.15, 0.2) is 42.5 Å². The minimum Gasteiger partial charge on any atom is -0.322 e. The molecule has 1 aliphatic rings. The van der Waals surface area contributed by atoms with Gasteiger partial charge in [-0.2, -0.15) is 0 Å². The summed E-state index contributed by atoms with van der Waals surface area (Å²) in [7, 11) is 0. The molecule has 24 heavy (non-hydrogen) atoms. The second-order valence-electron chi connectivity index (χ2n) is 5.78. The molecule has 1 aliphatic heterocycles. The number of anilines is 2. The SMILES string of the molecule is CC1CCC(=O)N1c1cccc(NC(=O)c2ccc(Cl)c(F)c2)c1. The Labute approximate surface area is 144 Å². The molecule has 0 saturated carbocycles. The van der Waals surface area contributed by atoms with E-state index in [0.717, 1.165) is 18.2 Å². The van der Waals surface area contributed by atoms with Crippen molar-refractivity contribution in [3.8, 4) is 0 Å². The summed E-state index contributed by atoms with van der Waals surface area (Å²) in [6.45, 7) is 1.99. The fraction of sp³-hybridized carbons (Fsp3) is 0.222. The number of hydrogen-bond donors (Lipinski definition) is 1. The molecule has 0 aromatic heterocycles. The summed E-state index contributed by atoms with van der Waals surface area (Å²) in [5, 5.41) is 2.68. The van der Waals surface area contributed by atoms with Gasteiger partial charge in [-0.3, -0.25) is 9.59 Å². The van der Waals surface area contributed by atoms with E-state index < -0.39 is 11.7 Å². The van der Waals surface area contributed by atoms with E-state index in [9.17, 15) is 14.0 Å². The van der Waals surface area contributed by atoms with Crippen LogP contribution in [0.25, 0.3) is 0 Å². The van der Waals surface area contributed by atoms with Gasteiger partial charge in [-0.25, -0.2) is 4.39 Å². The van der Waals surface area contributed by atoms with Crippen LogP contribution in [0.2, 0.25) is 5.02 Å². The van der Waals surface area contributed by atoms with Crippen molar-refractivity contribution in [1.29, 1.82) is 0 Å². The normalized spacial score (nSPS) is 17.2. The quantitative estimate of drug-likeness (QED) is 0.903. The van der Waals surface area contributed by atoms with E-state index in [4.69, 9.17) is 11.6 Å². The summed E-state index contributed by atoms with van der Waals surface area (Å²) in [4.78, 5) is 26.0. The zero-order valence-electron chi connectivity index (χ0n) is 13.1. The predicted octanol–water partition coefficient (Wildman–Crippen LogP) is 4.25. The van der Waals surface area contributed by atoms with Crippen molar-refractivity contribution in [3.63, 3.8) is 0 Å². The standard InChI is InChI=1S/C18H16ClFN2O2/c1-11-5-8-17(23)22(11)14-4-2-3-13(10-14)21-18(24)12-6-7-15(19)16(20)9-12/h2-4,6-7,9-11H,5,8H2,1H3,(H,21,24). The average Bonchev–Trinajstić information content (AvgIpc) is 2.89. The third-order valence-electron chi connectivity index (χ3n) is 4.05. The first kappa shape index (κ1) is 16.5. The van der Waals surface area contributed by atoms with E-state index in [-0.39, 0.29) is 22.5 Å². The molecule has 1 fully saturated rings. The fourth-order valence-corrected chi connectivity index (χ4v) is 2.92. The van der Waals surface area contributed by atoms with Crippen molar-refractivity contribution >= 4 is 34.8 Å². The van der Waals surface area contributed by atoms with E-state index >= 15 is 0 Å². The first-order valence-electron chi connectivity index (χ1n) is 7.64. The second-order valence-corrected chi connectivity index (χ2v) is 6.19. The van der Waals surface area contributed by atoms with Crippen LogP contribution >= 0.6 is 11.6 Å². The van der Waals surface area contributed by atoms with Crippen molar-refractivity contribution in [2.45, 2.75) is 25.8 Å². The Hall–Kier alpha value is -2.40. The Morgan fingerprint density at radius 1 is 1.29 bits per heavy atom. The van der Waals surface area contributed by atoms with E-state index in [1.165, 1.54) is 12.1 Å². The zero-order chi connectivity index (χ0) is 17.3. The van der Waals surface area contributed by atoms with Gasteiger partial charge in [-0.15, -0.1) is 0 Å². The van der Waals surface area contributed by atoms with Gasteiger partial charge in [0.15, 0.2) is 0 Å². The lowest BCUT2D eigenvalue weighted by molar-refractivity contribution is -0.117. The van der Waals surface area contributed by atoms with Gasteiger partial charge in [-0.1, -0.05) is 17.7 Å². The van der Waals surface area contributed by atoms with Crippen molar-refractivity contribution in [1.82, 2.24) is 0 Å². The molecule has 0 spiro atoms. The van der Waals surface area contributed by atoms with Gasteiger partial charge < -0.3 is 10.2 Å². The maximum atomic E-state index is 13.5. The lowest BCUT2D eigenvalue weighted by Crippen LogP contribution is -2.30. The van der Waals surface area contributed by atoms with Crippen LogP contribution in [0.5, 0.6) is 0 Å². The van der Waals surface area contributed by atoms with Crippen molar-refractivity contribution in [2.75, 3.05) is 10.2 Å². The van der Waals surface area contributed by atoms with E-state index in [0.29, 0.717) is 12.1 Å². The number of carbonyl (C=O) groups excluding carboxylic acids is 2. The monoisotopic (exact) mass is 346 g/mol. The van der Waals surface area contributed by atoms with Gasteiger partial charge in [0.1, 0.15) is 5.82 Å². The highest BCUT2D eigenvalue weighted by Gasteiger charge is 2.28. The molecule has 0 bridgehead atoms. The summed E-state index contributed by atoms with van der Waals surface area (Å²) in [6, 6.07) is 11.1. The van der Waals surface area contributed by atoms with E-state index in [2.05, 4.69) is 5.32 Å². The van der Waals surface area contributed by atoms with Crippen molar-refractivity contribution in [3.05, 3.63) is 58.9 Å². The van der Waals surface area contributed by atoms with Crippen LogP contribution in [-0.4, -0.2) is 17.9 Å². The summed E-state index contributed by atoms with van der Waals surface area (Å²) in [6.07, 6.45) is 1.35. The number of benzene rings is 2. The molecule has 1 N–H and O–H groups in total. The van der Waals surface area contributed by atoms with Gasteiger partial charge in [0.2, 0.25) is 5.91 Å².